The van der Waals surface area contributed by atoms with E-state index in [-0.39, 0.29) is 17.2 Å². The Hall–Kier alpha value is -3.19. The van der Waals surface area contributed by atoms with Crippen LogP contribution >= 0.6 is 0 Å². The van der Waals surface area contributed by atoms with Gasteiger partial charge in [0.2, 0.25) is 0 Å². The van der Waals surface area contributed by atoms with E-state index in [0.717, 1.165) is 73.8 Å². The van der Waals surface area contributed by atoms with Crippen molar-refractivity contribution in [3.05, 3.63) is 59.7 Å². The number of aliphatic carboxylic acids is 1. The van der Waals surface area contributed by atoms with Crippen LogP contribution < -0.4 is 0 Å². The fourth-order valence-electron chi connectivity index (χ4n) is 7.12. The van der Waals surface area contributed by atoms with Crippen LogP contribution in [0.1, 0.15) is 61.6 Å². The quantitative estimate of drug-likeness (QED) is 0.387. The predicted octanol–water partition coefficient (Wildman–Crippen LogP) is 5.90. The van der Waals surface area contributed by atoms with Crippen LogP contribution in [-0.2, 0) is 9.53 Å². The van der Waals surface area contributed by atoms with Crippen molar-refractivity contribution in [1.82, 2.24) is 14.8 Å². The monoisotopic (exact) mass is 473 g/mol. The number of aromatic amines is 1. The summed E-state index contributed by atoms with van der Waals surface area (Å²) in [6.45, 7) is 1.49. The lowest BCUT2D eigenvalue weighted by atomic mass is 9.47. The van der Waals surface area contributed by atoms with Crippen LogP contribution in [0.25, 0.3) is 27.5 Å². The number of ether oxygens (including phenoxy) is 1. The molecule has 180 valence electrons. The van der Waals surface area contributed by atoms with E-state index in [1.54, 1.807) is 0 Å². The zero-order valence-electron chi connectivity index (χ0n) is 19.5. The third-order valence-corrected chi connectivity index (χ3v) is 8.77. The molecule has 4 aromatic rings. The Morgan fingerprint density at radius 2 is 1.83 bits per heavy atom. The normalized spacial score (nSPS) is 26.8. The molecule has 1 spiro atoms. The molecule has 3 heterocycles. The molecule has 6 nitrogen and oxygen atoms in total. The van der Waals surface area contributed by atoms with Gasteiger partial charge in [-0.05, 0) is 91.8 Å². The molecule has 2 aromatic carbocycles. The zero-order valence-corrected chi connectivity index (χ0v) is 19.5. The van der Waals surface area contributed by atoms with E-state index in [1.165, 1.54) is 28.8 Å². The molecule has 2 aliphatic carbocycles. The van der Waals surface area contributed by atoms with Gasteiger partial charge in [0.1, 0.15) is 5.82 Å². The summed E-state index contributed by atoms with van der Waals surface area (Å²) in [4.78, 5) is 11.4. The summed E-state index contributed by atoms with van der Waals surface area (Å²) in [7, 11) is 0. The summed E-state index contributed by atoms with van der Waals surface area (Å²) in [5, 5.41) is 19.1. The van der Waals surface area contributed by atoms with Crippen molar-refractivity contribution in [2.75, 3.05) is 13.2 Å². The first kappa shape index (κ1) is 21.1. The Bertz CT molecular complexity index is 1430. The molecule has 2 saturated carbocycles. The molecule has 0 amide bonds. The van der Waals surface area contributed by atoms with E-state index in [2.05, 4.69) is 26.9 Å². The van der Waals surface area contributed by atoms with E-state index in [9.17, 15) is 14.3 Å². The number of hydrogen-bond donors (Lipinski definition) is 2. The summed E-state index contributed by atoms with van der Waals surface area (Å²) >= 11 is 0. The second-order valence-electron chi connectivity index (χ2n) is 10.9. The third-order valence-electron chi connectivity index (χ3n) is 8.77. The lowest BCUT2D eigenvalue weighted by molar-refractivity contribution is -0.155. The summed E-state index contributed by atoms with van der Waals surface area (Å²) < 4.78 is 21.9. The molecule has 0 unspecified atom stereocenters. The number of hydrogen-bond acceptors (Lipinski definition) is 3. The van der Waals surface area contributed by atoms with Gasteiger partial charge in [-0.3, -0.25) is 9.89 Å². The number of benzene rings is 2. The molecular weight excluding hydrogens is 445 g/mol. The van der Waals surface area contributed by atoms with Crippen molar-refractivity contribution < 1.29 is 19.0 Å². The van der Waals surface area contributed by atoms with Crippen molar-refractivity contribution >= 4 is 27.8 Å². The van der Waals surface area contributed by atoms with Crippen molar-refractivity contribution in [2.24, 2.45) is 11.3 Å². The highest BCUT2D eigenvalue weighted by Gasteiger charge is 2.56. The molecule has 2 N–H and O–H groups in total. The van der Waals surface area contributed by atoms with Gasteiger partial charge in [0.05, 0.1) is 23.1 Å². The van der Waals surface area contributed by atoms with Gasteiger partial charge in [-0.1, -0.05) is 0 Å². The minimum atomic E-state index is -0.656. The molecule has 0 radical (unpaired) electrons. The van der Waals surface area contributed by atoms with E-state index in [1.807, 2.05) is 18.3 Å². The summed E-state index contributed by atoms with van der Waals surface area (Å²) in [6, 6.07) is 11.2. The minimum Gasteiger partial charge on any atom is -0.481 e. The third kappa shape index (κ3) is 3.24. The van der Waals surface area contributed by atoms with E-state index in [4.69, 9.17) is 4.74 Å². The number of nitrogens with zero attached hydrogens (tertiary/aromatic N) is 2. The summed E-state index contributed by atoms with van der Waals surface area (Å²) in [5.41, 5.74) is 6.00. The van der Waals surface area contributed by atoms with Crippen LogP contribution in [-0.4, -0.2) is 39.1 Å². The molecule has 0 bridgehead atoms. The van der Waals surface area contributed by atoms with Crippen molar-refractivity contribution in [1.29, 1.82) is 0 Å². The van der Waals surface area contributed by atoms with Crippen molar-refractivity contribution in [3.8, 4) is 5.69 Å². The molecule has 7 heteroatoms. The molecule has 35 heavy (non-hydrogen) atoms. The number of rotatable bonds is 4. The van der Waals surface area contributed by atoms with E-state index in [0.29, 0.717) is 11.8 Å². The van der Waals surface area contributed by atoms with Gasteiger partial charge < -0.3 is 14.4 Å². The first-order chi connectivity index (χ1) is 17.0. The molecule has 3 aliphatic rings. The van der Waals surface area contributed by atoms with Gasteiger partial charge >= 0.3 is 5.97 Å². The maximum atomic E-state index is 13.9. The van der Waals surface area contributed by atoms with Crippen LogP contribution in [0.5, 0.6) is 0 Å². The lowest BCUT2D eigenvalue weighted by Crippen LogP contribution is -2.49. The Balaban J connectivity index is 1.41. The van der Waals surface area contributed by atoms with Crippen molar-refractivity contribution in [2.45, 2.75) is 50.4 Å². The fourth-order valence-corrected chi connectivity index (χ4v) is 7.12. The Morgan fingerprint density at radius 3 is 2.54 bits per heavy atom. The van der Waals surface area contributed by atoms with Gasteiger partial charge in [0, 0.05) is 41.3 Å². The smallest absolute Gasteiger partial charge is 0.306 e. The first-order valence-corrected chi connectivity index (χ1v) is 12.6. The predicted molar refractivity (Wildman–Crippen MR) is 130 cm³/mol. The first-order valence-electron chi connectivity index (χ1n) is 12.6. The van der Waals surface area contributed by atoms with Crippen molar-refractivity contribution in [3.63, 3.8) is 0 Å². The zero-order chi connectivity index (χ0) is 23.7. The van der Waals surface area contributed by atoms with E-state index >= 15 is 0 Å². The largest absolute Gasteiger partial charge is 0.481 e. The molecule has 3 fully saturated rings. The van der Waals surface area contributed by atoms with Gasteiger partial charge in [-0.15, -0.1) is 0 Å². The number of H-pyrrole nitrogens is 1. The highest BCUT2D eigenvalue weighted by Crippen LogP contribution is 2.65. The van der Waals surface area contributed by atoms with Gasteiger partial charge in [-0.2, -0.15) is 5.10 Å². The van der Waals surface area contributed by atoms with Crippen LogP contribution in [0.4, 0.5) is 4.39 Å². The lowest BCUT2D eigenvalue weighted by Gasteiger charge is -2.57. The Labute approximate surface area is 202 Å². The maximum Gasteiger partial charge on any atom is 0.306 e. The SMILES string of the molecule is O=C(O)C1CC2(C1)CC(c1c(C3CCOCC3)n(-c3ccc(F)cc3)c3cc4cn[nH]c4cc13)C2. The number of carbonyl (C=O) groups is 1. The second kappa shape index (κ2) is 7.65. The van der Waals surface area contributed by atoms with E-state index < -0.39 is 5.97 Å². The number of carboxylic acids is 1. The van der Waals surface area contributed by atoms with Crippen LogP contribution in [0.15, 0.2) is 42.6 Å². The standard InChI is InChI=1S/C28H28FN3O3/c29-20-1-3-21(4-2-20)32-24-9-17-15-30-31-23(17)10-22(24)25(26(32)16-5-7-35-8-6-16)18-11-28(12-18)13-19(14-28)27(33)34/h1-4,9-10,15-16,18-19H,5-8,11-14H2,(H,30,31)(H,33,34). The number of nitrogens with one attached hydrogen (secondary N) is 1. The molecule has 1 aliphatic heterocycles. The second-order valence-corrected chi connectivity index (χ2v) is 10.9. The molecule has 2 aromatic heterocycles. The fraction of sp³-hybridized carbons (Fsp3) is 0.429. The molecule has 7 rings (SSSR count). The number of halogens is 1. The molecule has 0 atom stereocenters. The average Bonchev–Trinajstić information content (AvgIpc) is 3.39. The highest BCUT2D eigenvalue weighted by molar-refractivity contribution is 5.99. The molecular formula is C28H28FN3O3. The average molecular weight is 474 g/mol. The van der Waals surface area contributed by atoms with Gasteiger partial charge in [-0.25, -0.2) is 4.39 Å². The van der Waals surface area contributed by atoms with Crippen LogP contribution in [0, 0.1) is 17.2 Å². The summed E-state index contributed by atoms with van der Waals surface area (Å²) in [6.07, 6.45) is 7.45. The number of aromatic nitrogens is 3. The Kier molecular flexibility index (Phi) is 4.62. The van der Waals surface area contributed by atoms with Crippen LogP contribution in [0.2, 0.25) is 0 Å². The number of fused-ring (bicyclic) bond motifs is 2. The Morgan fingerprint density at radius 1 is 1.09 bits per heavy atom. The van der Waals surface area contributed by atoms with Crippen LogP contribution in [0.3, 0.4) is 0 Å². The van der Waals surface area contributed by atoms with Gasteiger partial charge in [0.25, 0.3) is 0 Å². The highest BCUT2D eigenvalue weighted by atomic mass is 19.1. The summed E-state index contributed by atoms with van der Waals surface area (Å²) in [5.74, 6) is -0.327. The molecule has 1 saturated heterocycles. The maximum absolute atomic E-state index is 13.9. The minimum absolute atomic E-state index is 0.184. The van der Waals surface area contributed by atoms with Gasteiger partial charge in [0.15, 0.2) is 0 Å². The number of carboxylic acid groups (broad SMARTS) is 1. The topological polar surface area (TPSA) is 80.1 Å².